The average Bonchev–Trinajstić information content (AvgIpc) is 3.11. The number of hydrogen-bond donors (Lipinski definition) is 1. The first-order valence-corrected chi connectivity index (χ1v) is 8.64. The molecule has 94 valence electrons. The van der Waals surface area contributed by atoms with Crippen molar-refractivity contribution < 1.29 is 0 Å². The van der Waals surface area contributed by atoms with Gasteiger partial charge in [-0.2, -0.15) is 12.6 Å². The van der Waals surface area contributed by atoms with E-state index in [1.165, 1.54) is 17.6 Å². The van der Waals surface area contributed by atoms with E-state index >= 15 is 0 Å². The van der Waals surface area contributed by atoms with Gasteiger partial charge in [-0.25, -0.2) is 0 Å². The van der Waals surface area contributed by atoms with Crippen LogP contribution in [0, 0.1) is 53.3 Å². The van der Waals surface area contributed by atoms with Crippen molar-refractivity contribution in [2.45, 2.75) is 38.5 Å². The predicted octanol–water partition coefficient (Wildman–Crippen LogP) is 3.87. The van der Waals surface area contributed by atoms with Crippen LogP contribution in [-0.4, -0.2) is 5.75 Å². The lowest BCUT2D eigenvalue weighted by Gasteiger charge is -2.40. The number of rotatable bonds is 1. The summed E-state index contributed by atoms with van der Waals surface area (Å²) in [5, 5.41) is 0. The largest absolute Gasteiger partial charge is 0.179 e. The summed E-state index contributed by atoms with van der Waals surface area (Å²) in [4.78, 5) is 0. The van der Waals surface area contributed by atoms with Crippen molar-refractivity contribution in [1.82, 2.24) is 0 Å². The quantitative estimate of drug-likeness (QED) is 0.528. The Hall–Kier alpha value is 0.350. The minimum absolute atomic E-state index is 1.03. The van der Waals surface area contributed by atoms with E-state index in [0.717, 1.165) is 41.4 Å². The topological polar surface area (TPSA) is 0 Å². The lowest BCUT2D eigenvalue weighted by Crippen LogP contribution is -2.35. The van der Waals surface area contributed by atoms with E-state index in [4.69, 9.17) is 12.6 Å². The normalized spacial score (nSPS) is 66.5. The van der Waals surface area contributed by atoms with Crippen LogP contribution in [-0.2, 0) is 0 Å². The molecule has 0 amide bonds. The first-order valence-electron chi connectivity index (χ1n) is 8.01. The van der Waals surface area contributed by atoms with Gasteiger partial charge in [-0.15, -0.1) is 0 Å². The molecule has 0 radical (unpaired) electrons. The summed E-state index contributed by atoms with van der Waals surface area (Å²) in [7, 11) is 0. The lowest BCUT2D eigenvalue weighted by molar-refractivity contribution is 0.0716. The second-order valence-electron chi connectivity index (χ2n) is 7.75. The van der Waals surface area contributed by atoms with E-state index in [-0.39, 0.29) is 0 Å². The molecule has 0 saturated heterocycles. The van der Waals surface area contributed by atoms with Crippen molar-refractivity contribution >= 4 is 12.6 Å². The Morgan fingerprint density at radius 1 is 0.765 bits per heavy atom. The number of fused-ring (bicyclic) bond motifs is 12. The molecule has 0 spiro atoms. The van der Waals surface area contributed by atoms with Crippen LogP contribution < -0.4 is 0 Å². The highest BCUT2D eigenvalue weighted by Crippen LogP contribution is 2.74. The zero-order valence-corrected chi connectivity index (χ0v) is 11.5. The SMILES string of the molecule is SCC1C2C3CCCC3C1C1C3CCC(C3)C21. The maximum atomic E-state index is 4.74. The Morgan fingerprint density at radius 3 is 1.88 bits per heavy atom. The highest BCUT2D eigenvalue weighted by Gasteiger charge is 2.69. The molecule has 0 nitrogen and oxygen atoms in total. The number of hydrogen-bond acceptors (Lipinski definition) is 1. The van der Waals surface area contributed by atoms with E-state index in [1.54, 1.807) is 38.5 Å². The van der Waals surface area contributed by atoms with E-state index in [0.29, 0.717) is 0 Å². The highest BCUT2D eigenvalue weighted by molar-refractivity contribution is 7.80. The molecule has 4 bridgehead atoms. The van der Waals surface area contributed by atoms with Crippen LogP contribution in [0.25, 0.3) is 0 Å². The molecule has 8 unspecified atom stereocenters. The molecule has 5 aliphatic carbocycles. The monoisotopic (exact) mass is 248 g/mol. The van der Waals surface area contributed by atoms with Crippen LogP contribution in [0.5, 0.6) is 0 Å². The third-order valence-corrected chi connectivity index (χ3v) is 8.17. The van der Waals surface area contributed by atoms with Gasteiger partial charge in [-0.05, 0) is 91.1 Å². The molecular weight excluding hydrogens is 224 g/mol. The van der Waals surface area contributed by atoms with Gasteiger partial charge < -0.3 is 0 Å². The summed E-state index contributed by atoms with van der Waals surface area (Å²) in [6, 6.07) is 0. The van der Waals surface area contributed by atoms with Gasteiger partial charge in [0.05, 0.1) is 0 Å². The van der Waals surface area contributed by atoms with Crippen LogP contribution in [0.2, 0.25) is 0 Å². The van der Waals surface area contributed by atoms with Gasteiger partial charge in [0.25, 0.3) is 0 Å². The summed E-state index contributed by atoms with van der Waals surface area (Å²) >= 11 is 4.74. The van der Waals surface area contributed by atoms with Gasteiger partial charge >= 0.3 is 0 Å². The molecule has 5 fully saturated rings. The fourth-order valence-corrected chi connectivity index (χ4v) is 8.26. The van der Waals surface area contributed by atoms with Crippen molar-refractivity contribution in [3.63, 3.8) is 0 Å². The number of thiol groups is 1. The van der Waals surface area contributed by atoms with Crippen LogP contribution in [0.1, 0.15) is 38.5 Å². The van der Waals surface area contributed by atoms with Crippen molar-refractivity contribution in [2.24, 2.45) is 53.3 Å². The van der Waals surface area contributed by atoms with Gasteiger partial charge in [0, 0.05) is 0 Å². The Bertz CT molecular complexity index is 321. The summed E-state index contributed by atoms with van der Waals surface area (Å²) in [5.41, 5.74) is 0. The molecule has 5 aliphatic rings. The standard InChI is InChI=1S/C16H24S/c17-7-12-15-10-2-1-3-11(10)16(12)14-9-5-4-8(6-9)13(14)15/h8-17H,1-7H2. The van der Waals surface area contributed by atoms with Gasteiger partial charge in [-0.3, -0.25) is 0 Å². The zero-order valence-electron chi connectivity index (χ0n) is 10.6. The van der Waals surface area contributed by atoms with E-state index in [1.807, 2.05) is 0 Å². The molecule has 0 aromatic heterocycles. The van der Waals surface area contributed by atoms with Gasteiger partial charge in [0.15, 0.2) is 0 Å². The maximum Gasteiger partial charge on any atom is -0.00638 e. The summed E-state index contributed by atoms with van der Waals surface area (Å²) in [6.45, 7) is 0. The van der Waals surface area contributed by atoms with Crippen molar-refractivity contribution in [3.8, 4) is 0 Å². The Morgan fingerprint density at radius 2 is 1.35 bits per heavy atom. The molecule has 0 aromatic rings. The second-order valence-corrected chi connectivity index (χ2v) is 8.11. The van der Waals surface area contributed by atoms with Crippen molar-refractivity contribution in [1.29, 1.82) is 0 Å². The first-order chi connectivity index (χ1) is 8.40. The summed E-state index contributed by atoms with van der Waals surface area (Å²) in [6.07, 6.45) is 9.52. The fraction of sp³-hybridized carbons (Fsp3) is 1.00. The van der Waals surface area contributed by atoms with Crippen molar-refractivity contribution in [2.75, 3.05) is 5.75 Å². The lowest BCUT2D eigenvalue weighted by atomic mass is 9.64. The molecule has 0 heterocycles. The average molecular weight is 248 g/mol. The van der Waals surface area contributed by atoms with E-state index < -0.39 is 0 Å². The third-order valence-electron chi connectivity index (χ3n) is 7.75. The molecule has 5 rings (SSSR count). The third kappa shape index (κ3) is 1.02. The minimum Gasteiger partial charge on any atom is -0.179 e. The maximum absolute atomic E-state index is 4.74. The van der Waals surface area contributed by atoms with Gasteiger partial charge in [-0.1, -0.05) is 6.42 Å². The summed E-state index contributed by atoms with van der Waals surface area (Å²) < 4.78 is 0. The zero-order chi connectivity index (χ0) is 11.1. The van der Waals surface area contributed by atoms with Crippen molar-refractivity contribution in [3.05, 3.63) is 0 Å². The Balaban J connectivity index is 1.60. The Kier molecular flexibility index (Phi) is 1.95. The Labute approximate surface area is 110 Å². The second kappa shape index (κ2) is 3.26. The molecular formula is C16H24S. The molecule has 5 saturated carbocycles. The molecule has 0 aliphatic heterocycles. The van der Waals surface area contributed by atoms with Crippen LogP contribution in [0.15, 0.2) is 0 Å². The van der Waals surface area contributed by atoms with Gasteiger partial charge in [0.2, 0.25) is 0 Å². The molecule has 0 aromatic carbocycles. The summed E-state index contributed by atoms with van der Waals surface area (Å²) in [5.74, 6) is 11.5. The van der Waals surface area contributed by atoms with Crippen LogP contribution >= 0.6 is 12.6 Å². The smallest absolute Gasteiger partial charge is 0.00638 e. The molecule has 17 heavy (non-hydrogen) atoms. The minimum atomic E-state index is 1.03. The van der Waals surface area contributed by atoms with Crippen LogP contribution in [0.3, 0.4) is 0 Å². The van der Waals surface area contributed by atoms with Crippen LogP contribution in [0.4, 0.5) is 0 Å². The molecule has 0 N–H and O–H groups in total. The molecule has 1 heteroatoms. The molecule has 8 atom stereocenters. The van der Waals surface area contributed by atoms with Gasteiger partial charge in [0.1, 0.15) is 0 Å². The highest BCUT2D eigenvalue weighted by atomic mass is 32.1. The first kappa shape index (κ1) is 10.2. The van der Waals surface area contributed by atoms with E-state index in [2.05, 4.69) is 0 Å². The fourth-order valence-electron chi connectivity index (χ4n) is 7.77. The van der Waals surface area contributed by atoms with E-state index in [9.17, 15) is 0 Å². The predicted molar refractivity (Wildman–Crippen MR) is 73.0 cm³/mol.